The molecule has 0 aliphatic carbocycles. The number of amides is 2. The highest BCUT2D eigenvalue weighted by Gasteiger charge is 2.65. The first-order valence-electron chi connectivity index (χ1n) is 5.87. The Morgan fingerprint density at radius 3 is 2.40 bits per heavy atom. The molecule has 20 heavy (non-hydrogen) atoms. The van der Waals surface area contributed by atoms with Gasteiger partial charge in [-0.25, -0.2) is 0 Å². The Morgan fingerprint density at radius 1 is 1.30 bits per heavy atom. The van der Waals surface area contributed by atoms with Crippen molar-refractivity contribution in [2.75, 3.05) is 26.2 Å². The van der Waals surface area contributed by atoms with Gasteiger partial charge in [-0.05, 0) is 6.92 Å². The number of halogens is 5. The molecule has 0 radical (unpaired) electrons. The summed E-state index contributed by atoms with van der Waals surface area (Å²) in [6, 6.07) is -1.38. The summed E-state index contributed by atoms with van der Waals surface area (Å²) in [7, 11) is 0. The Morgan fingerprint density at radius 2 is 1.90 bits per heavy atom. The van der Waals surface area contributed by atoms with Gasteiger partial charge in [0, 0.05) is 26.2 Å². The predicted octanol–water partition coefficient (Wildman–Crippen LogP) is 0.120. The van der Waals surface area contributed by atoms with Crippen LogP contribution in [0.2, 0.25) is 0 Å². The molecule has 1 unspecified atom stereocenters. The van der Waals surface area contributed by atoms with Crippen LogP contribution >= 0.6 is 0 Å². The van der Waals surface area contributed by atoms with Crippen LogP contribution in [0.3, 0.4) is 0 Å². The van der Waals surface area contributed by atoms with Gasteiger partial charge in [-0.2, -0.15) is 22.0 Å². The van der Waals surface area contributed by atoms with Gasteiger partial charge < -0.3 is 15.5 Å². The second kappa shape index (κ2) is 5.90. The normalized spacial score (nSPS) is 20.7. The minimum atomic E-state index is -5.99. The number of nitrogens with zero attached hydrogens (tertiary/aromatic N) is 1. The predicted molar refractivity (Wildman–Crippen MR) is 58.1 cm³/mol. The first kappa shape index (κ1) is 16.6. The van der Waals surface area contributed by atoms with Gasteiger partial charge in [-0.3, -0.25) is 9.59 Å². The van der Waals surface area contributed by atoms with Gasteiger partial charge in [-0.1, -0.05) is 0 Å². The molecule has 0 aromatic heterocycles. The standard InChI is InChI=1S/C10H14F5N3O2/c1-2-17-7(19)6-5-16-3-4-18(6)8(20)9(11,12)10(13,14)15/h6,16H,2-5H2,1H3,(H,17,19). The molecule has 1 atom stereocenters. The molecule has 1 fully saturated rings. The van der Waals surface area contributed by atoms with E-state index in [1.54, 1.807) is 6.92 Å². The van der Waals surface area contributed by atoms with Crippen LogP contribution in [0.4, 0.5) is 22.0 Å². The van der Waals surface area contributed by atoms with E-state index >= 15 is 0 Å². The topological polar surface area (TPSA) is 61.4 Å². The SMILES string of the molecule is CCNC(=O)C1CNCCN1C(=O)C(F)(F)C(F)(F)F. The van der Waals surface area contributed by atoms with E-state index < -0.39 is 36.5 Å². The highest BCUT2D eigenvalue weighted by atomic mass is 19.4. The first-order valence-corrected chi connectivity index (χ1v) is 5.87. The van der Waals surface area contributed by atoms with E-state index in [0.717, 1.165) is 0 Å². The largest absolute Gasteiger partial charge is 0.463 e. The average Bonchev–Trinajstić information content (AvgIpc) is 2.36. The van der Waals surface area contributed by atoms with E-state index in [2.05, 4.69) is 10.6 Å². The highest BCUT2D eigenvalue weighted by Crippen LogP contribution is 2.37. The molecule has 2 amide bonds. The van der Waals surface area contributed by atoms with Crippen molar-refractivity contribution in [1.82, 2.24) is 15.5 Å². The van der Waals surface area contributed by atoms with E-state index in [-0.39, 0.29) is 24.5 Å². The molecule has 0 aromatic carbocycles. The van der Waals surface area contributed by atoms with Gasteiger partial charge >= 0.3 is 18.0 Å². The Kier molecular flexibility index (Phi) is 4.90. The van der Waals surface area contributed by atoms with Gasteiger partial charge in [0.2, 0.25) is 5.91 Å². The molecule has 1 aliphatic rings. The van der Waals surface area contributed by atoms with Crippen molar-refractivity contribution in [2.24, 2.45) is 0 Å². The van der Waals surface area contributed by atoms with Gasteiger partial charge in [0.1, 0.15) is 6.04 Å². The van der Waals surface area contributed by atoms with E-state index in [4.69, 9.17) is 0 Å². The molecule has 10 heteroatoms. The van der Waals surface area contributed by atoms with Crippen molar-refractivity contribution in [2.45, 2.75) is 25.1 Å². The molecule has 0 aromatic rings. The van der Waals surface area contributed by atoms with Crippen molar-refractivity contribution in [3.63, 3.8) is 0 Å². The van der Waals surface area contributed by atoms with Crippen molar-refractivity contribution in [3.8, 4) is 0 Å². The first-order chi connectivity index (χ1) is 9.13. The molecule has 0 bridgehead atoms. The van der Waals surface area contributed by atoms with Crippen LogP contribution in [0.15, 0.2) is 0 Å². The molecule has 2 N–H and O–H groups in total. The van der Waals surface area contributed by atoms with Gasteiger partial charge in [0.25, 0.3) is 0 Å². The quantitative estimate of drug-likeness (QED) is 0.728. The summed E-state index contributed by atoms with van der Waals surface area (Å²) in [5.41, 5.74) is 0. The number of hydrogen-bond donors (Lipinski definition) is 2. The van der Waals surface area contributed by atoms with Crippen molar-refractivity contribution in [1.29, 1.82) is 0 Å². The van der Waals surface area contributed by atoms with Crippen LogP contribution in [-0.4, -0.2) is 61.0 Å². The molecular weight excluding hydrogens is 289 g/mol. The van der Waals surface area contributed by atoms with E-state index in [1.807, 2.05) is 0 Å². The fourth-order valence-corrected chi connectivity index (χ4v) is 1.78. The fourth-order valence-electron chi connectivity index (χ4n) is 1.78. The fraction of sp³-hybridized carbons (Fsp3) is 0.800. The lowest BCUT2D eigenvalue weighted by Crippen LogP contribution is -2.64. The summed E-state index contributed by atoms with van der Waals surface area (Å²) in [5.74, 6) is -8.68. The van der Waals surface area contributed by atoms with E-state index in [0.29, 0.717) is 0 Å². The third-order valence-electron chi connectivity index (χ3n) is 2.78. The number of nitrogens with one attached hydrogen (secondary N) is 2. The Bertz CT molecular complexity index is 386. The van der Waals surface area contributed by atoms with Crippen LogP contribution in [0.1, 0.15) is 6.92 Å². The summed E-state index contributed by atoms with van der Waals surface area (Å²) in [5, 5.41) is 4.96. The molecule has 1 rings (SSSR count). The third kappa shape index (κ3) is 3.17. The maximum atomic E-state index is 13.1. The smallest absolute Gasteiger partial charge is 0.355 e. The Labute approximate surface area is 111 Å². The van der Waals surface area contributed by atoms with E-state index in [1.165, 1.54) is 0 Å². The summed E-state index contributed by atoms with van der Waals surface area (Å²) < 4.78 is 62.7. The van der Waals surface area contributed by atoms with Gasteiger partial charge in [0.05, 0.1) is 0 Å². The summed E-state index contributed by atoms with van der Waals surface area (Å²) in [4.78, 5) is 23.3. The number of rotatable bonds is 3. The summed E-state index contributed by atoms with van der Waals surface area (Å²) in [6.07, 6.45) is -5.99. The van der Waals surface area contributed by atoms with Crippen LogP contribution in [0, 0.1) is 0 Å². The Hall–Kier alpha value is -1.45. The number of carbonyl (C=O) groups excluding carboxylic acids is 2. The molecule has 1 saturated heterocycles. The van der Waals surface area contributed by atoms with Crippen LogP contribution < -0.4 is 10.6 Å². The van der Waals surface area contributed by atoms with E-state index in [9.17, 15) is 31.5 Å². The lowest BCUT2D eigenvalue weighted by Gasteiger charge is -2.37. The number of likely N-dealkylation sites (N-methyl/N-ethyl adjacent to an activating group) is 1. The minimum absolute atomic E-state index is 0.0373. The van der Waals surface area contributed by atoms with Crippen LogP contribution in [0.25, 0.3) is 0 Å². The van der Waals surface area contributed by atoms with Gasteiger partial charge in [-0.15, -0.1) is 0 Å². The zero-order chi connectivity index (χ0) is 15.6. The van der Waals surface area contributed by atoms with Gasteiger partial charge in [0.15, 0.2) is 0 Å². The summed E-state index contributed by atoms with van der Waals surface area (Å²) >= 11 is 0. The van der Waals surface area contributed by atoms with Crippen molar-refractivity contribution >= 4 is 11.8 Å². The number of hydrogen-bond acceptors (Lipinski definition) is 3. The van der Waals surface area contributed by atoms with Crippen molar-refractivity contribution in [3.05, 3.63) is 0 Å². The van der Waals surface area contributed by atoms with Crippen molar-refractivity contribution < 1.29 is 31.5 Å². The zero-order valence-electron chi connectivity index (χ0n) is 10.6. The lowest BCUT2D eigenvalue weighted by atomic mass is 10.1. The molecule has 1 heterocycles. The number of carbonyl (C=O) groups is 2. The highest BCUT2D eigenvalue weighted by molar-refractivity contribution is 5.91. The maximum absolute atomic E-state index is 13.1. The monoisotopic (exact) mass is 303 g/mol. The molecule has 0 saturated carbocycles. The second-order valence-electron chi connectivity index (χ2n) is 4.19. The van der Waals surface area contributed by atoms with Crippen LogP contribution in [-0.2, 0) is 9.59 Å². The molecular formula is C10H14F5N3O2. The second-order valence-corrected chi connectivity index (χ2v) is 4.19. The molecule has 0 spiro atoms. The average molecular weight is 303 g/mol. The maximum Gasteiger partial charge on any atom is 0.463 e. The molecule has 116 valence electrons. The summed E-state index contributed by atoms with van der Waals surface area (Å²) in [6.45, 7) is 1.20. The number of alkyl halides is 5. The molecule has 5 nitrogen and oxygen atoms in total. The Balaban J connectivity index is 2.96. The zero-order valence-corrected chi connectivity index (χ0v) is 10.6. The number of piperazine rings is 1. The third-order valence-corrected chi connectivity index (χ3v) is 2.78. The molecule has 1 aliphatic heterocycles. The minimum Gasteiger partial charge on any atom is -0.355 e. The van der Waals surface area contributed by atoms with Crippen LogP contribution in [0.5, 0.6) is 0 Å². The lowest BCUT2D eigenvalue weighted by molar-refractivity contribution is -0.275.